The molecule has 2 rings (SSSR count). The Balaban J connectivity index is 2.09. The molecule has 1 amide bonds. The highest BCUT2D eigenvalue weighted by atomic mass is 16.5. The second-order valence-electron chi connectivity index (χ2n) is 4.63. The second-order valence-corrected chi connectivity index (χ2v) is 4.63. The van der Waals surface area contributed by atoms with Gasteiger partial charge in [0.05, 0.1) is 18.9 Å². The van der Waals surface area contributed by atoms with Crippen molar-refractivity contribution in [3.8, 4) is 0 Å². The van der Waals surface area contributed by atoms with Gasteiger partial charge in [-0.3, -0.25) is 9.59 Å². The van der Waals surface area contributed by atoms with Gasteiger partial charge < -0.3 is 14.4 Å². The molecule has 0 aromatic heterocycles. The molecule has 0 atom stereocenters. The minimum absolute atomic E-state index is 0.00584. The van der Waals surface area contributed by atoms with Crippen LogP contribution in [0.2, 0.25) is 0 Å². The smallest absolute Gasteiger partial charge is 0.252 e. The molecule has 1 aliphatic rings. The molecule has 1 aromatic carbocycles. The molecule has 5 nitrogen and oxygen atoms in total. The van der Waals surface area contributed by atoms with Gasteiger partial charge in [-0.25, -0.2) is 0 Å². The number of benzene rings is 1. The summed E-state index contributed by atoms with van der Waals surface area (Å²) in [6.45, 7) is 1.40. The molecule has 0 N–H and O–H groups in total. The van der Waals surface area contributed by atoms with Crippen LogP contribution in [0.3, 0.4) is 0 Å². The van der Waals surface area contributed by atoms with E-state index >= 15 is 0 Å². The topological polar surface area (TPSA) is 55.8 Å². The van der Waals surface area contributed by atoms with Gasteiger partial charge >= 0.3 is 0 Å². The maximum atomic E-state index is 12.2. The van der Waals surface area contributed by atoms with Crippen molar-refractivity contribution in [3.63, 3.8) is 0 Å². The fourth-order valence-corrected chi connectivity index (χ4v) is 2.24. The van der Waals surface area contributed by atoms with Crippen LogP contribution >= 0.6 is 0 Å². The van der Waals surface area contributed by atoms with Crippen molar-refractivity contribution in [1.82, 2.24) is 0 Å². The number of hydrogen-bond acceptors (Lipinski definition) is 4. The van der Waals surface area contributed by atoms with Crippen molar-refractivity contribution in [2.75, 3.05) is 38.4 Å². The molecular formula is C15H19NO4. The normalized spacial score (nSPS) is 14.8. The van der Waals surface area contributed by atoms with Gasteiger partial charge in [-0.1, -0.05) is 12.1 Å². The lowest BCUT2D eigenvalue weighted by Gasteiger charge is -2.22. The van der Waals surface area contributed by atoms with E-state index in [-0.39, 0.29) is 18.3 Å². The predicted octanol–water partition coefficient (Wildman–Crippen LogP) is 1.66. The average molecular weight is 277 g/mol. The highest BCUT2D eigenvalue weighted by Gasteiger charge is 2.24. The number of ether oxygens (including phenoxy) is 2. The first-order chi connectivity index (χ1) is 9.74. The van der Waals surface area contributed by atoms with E-state index in [0.29, 0.717) is 43.9 Å². The van der Waals surface area contributed by atoms with Gasteiger partial charge in [0.25, 0.3) is 5.91 Å². The SMILES string of the molecule is COCCOCC(=O)N1CCCC(=O)c2ccccc21. The zero-order valence-corrected chi connectivity index (χ0v) is 11.6. The third kappa shape index (κ3) is 3.43. The Hall–Kier alpha value is -1.72. The van der Waals surface area contributed by atoms with Crippen LogP contribution in [-0.2, 0) is 14.3 Å². The molecule has 0 radical (unpaired) electrons. The first-order valence-electron chi connectivity index (χ1n) is 6.73. The lowest BCUT2D eigenvalue weighted by molar-refractivity contribution is -0.123. The minimum Gasteiger partial charge on any atom is -0.382 e. The standard InChI is InChI=1S/C15H19NO4/c1-19-9-10-20-11-15(18)16-8-4-7-14(17)12-5-2-3-6-13(12)16/h2-3,5-6H,4,7-11H2,1H3. The summed E-state index contributed by atoms with van der Waals surface area (Å²) in [5.41, 5.74) is 1.31. The van der Waals surface area contributed by atoms with Crippen LogP contribution in [0.1, 0.15) is 23.2 Å². The Bertz CT molecular complexity index is 487. The molecule has 0 saturated heterocycles. The van der Waals surface area contributed by atoms with Crippen LogP contribution in [0.4, 0.5) is 5.69 Å². The van der Waals surface area contributed by atoms with Crippen LogP contribution in [0, 0.1) is 0 Å². The molecule has 1 aliphatic heterocycles. The van der Waals surface area contributed by atoms with E-state index in [9.17, 15) is 9.59 Å². The van der Waals surface area contributed by atoms with Crippen LogP contribution in [-0.4, -0.2) is 45.2 Å². The van der Waals surface area contributed by atoms with E-state index in [0.717, 1.165) is 0 Å². The lowest BCUT2D eigenvalue weighted by atomic mass is 10.1. The fraction of sp³-hybridized carbons (Fsp3) is 0.467. The monoisotopic (exact) mass is 277 g/mol. The summed E-state index contributed by atoms with van der Waals surface area (Å²) in [5, 5.41) is 0. The lowest BCUT2D eigenvalue weighted by Crippen LogP contribution is -2.35. The van der Waals surface area contributed by atoms with Crippen LogP contribution in [0.25, 0.3) is 0 Å². The minimum atomic E-state index is -0.122. The summed E-state index contributed by atoms with van der Waals surface area (Å²) in [5.74, 6) is -0.0283. The van der Waals surface area contributed by atoms with Crippen molar-refractivity contribution < 1.29 is 19.1 Å². The number of Topliss-reactive ketones (excluding diaryl/α,β-unsaturated/α-hetero) is 1. The summed E-state index contributed by atoms with van der Waals surface area (Å²) < 4.78 is 10.1. The van der Waals surface area contributed by atoms with E-state index in [1.54, 1.807) is 18.1 Å². The summed E-state index contributed by atoms with van der Waals surface area (Å²) >= 11 is 0. The summed E-state index contributed by atoms with van der Waals surface area (Å²) in [7, 11) is 1.59. The molecule has 1 heterocycles. The third-order valence-electron chi connectivity index (χ3n) is 3.24. The Morgan fingerprint density at radius 3 is 2.90 bits per heavy atom. The maximum Gasteiger partial charge on any atom is 0.252 e. The van der Waals surface area contributed by atoms with Crippen molar-refractivity contribution >= 4 is 17.4 Å². The molecule has 5 heteroatoms. The molecule has 0 spiro atoms. The number of fused-ring (bicyclic) bond motifs is 1. The predicted molar refractivity (Wildman–Crippen MR) is 75.1 cm³/mol. The van der Waals surface area contributed by atoms with Crippen molar-refractivity contribution in [3.05, 3.63) is 29.8 Å². The highest BCUT2D eigenvalue weighted by molar-refractivity contribution is 6.06. The van der Waals surface area contributed by atoms with E-state index < -0.39 is 0 Å². The molecule has 0 bridgehead atoms. The van der Waals surface area contributed by atoms with E-state index in [4.69, 9.17) is 9.47 Å². The molecule has 0 unspecified atom stereocenters. The van der Waals surface area contributed by atoms with Gasteiger partial charge in [0.1, 0.15) is 6.61 Å². The molecule has 0 fully saturated rings. The summed E-state index contributed by atoms with van der Waals surface area (Å²) in [6, 6.07) is 7.24. The van der Waals surface area contributed by atoms with Gasteiger partial charge in [-0.2, -0.15) is 0 Å². The highest BCUT2D eigenvalue weighted by Crippen LogP contribution is 2.26. The van der Waals surface area contributed by atoms with Crippen molar-refractivity contribution in [2.24, 2.45) is 0 Å². The maximum absolute atomic E-state index is 12.2. The zero-order chi connectivity index (χ0) is 14.4. The number of hydrogen-bond donors (Lipinski definition) is 0. The number of carbonyl (C=O) groups is 2. The van der Waals surface area contributed by atoms with Crippen LogP contribution in [0.15, 0.2) is 24.3 Å². The number of para-hydroxylation sites is 1. The quantitative estimate of drug-likeness (QED) is 0.768. The van der Waals surface area contributed by atoms with E-state index in [1.165, 1.54) is 0 Å². The van der Waals surface area contributed by atoms with Gasteiger partial charge in [0.2, 0.25) is 0 Å². The third-order valence-corrected chi connectivity index (χ3v) is 3.24. The summed E-state index contributed by atoms with van der Waals surface area (Å²) in [6.07, 6.45) is 1.16. The summed E-state index contributed by atoms with van der Waals surface area (Å²) in [4.78, 5) is 25.9. The molecule has 0 aliphatic carbocycles. The fourth-order valence-electron chi connectivity index (χ4n) is 2.24. The number of nitrogens with zero attached hydrogens (tertiary/aromatic N) is 1. The average Bonchev–Trinajstić information content (AvgIpc) is 2.63. The Morgan fingerprint density at radius 1 is 1.30 bits per heavy atom. The Morgan fingerprint density at radius 2 is 2.10 bits per heavy atom. The van der Waals surface area contributed by atoms with E-state index in [1.807, 2.05) is 18.2 Å². The molecule has 0 saturated carbocycles. The Labute approximate surface area is 118 Å². The first kappa shape index (κ1) is 14.7. The zero-order valence-electron chi connectivity index (χ0n) is 11.6. The number of methoxy groups -OCH3 is 1. The molecule has 108 valence electrons. The van der Waals surface area contributed by atoms with Gasteiger partial charge in [0.15, 0.2) is 5.78 Å². The van der Waals surface area contributed by atoms with Gasteiger partial charge in [0, 0.05) is 25.6 Å². The van der Waals surface area contributed by atoms with Crippen molar-refractivity contribution in [2.45, 2.75) is 12.8 Å². The van der Waals surface area contributed by atoms with Crippen LogP contribution in [0.5, 0.6) is 0 Å². The number of rotatable bonds is 5. The van der Waals surface area contributed by atoms with Crippen molar-refractivity contribution in [1.29, 1.82) is 0 Å². The van der Waals surface area contributed by atoms with Gasteiger partial charge in [-0.05, 0) is 18.6 Å². The van der Waals surface area contributed by atoms with Crippen LogP contribution < -0.4 is 4.90 Å². The van der Waals surface area contributed by atoms with E-state index in [2.05, 4.69) is 0 Å². The largest absolute Gasteiger partial charge is 0.382 e. The Kier molecular flexibility index (Phi) is 5.26. The number of anilines is 1. The number of carbonyl (C=O) groups excluding carboxylic acids is 2. The van der Waals surface area contributed by atoms with Gasteiger partial charge in [-0.15, -0.1) is 0 Å². The second kappa shape index (κ2) is 7.17. The molecule has 1 aromatic rings. The molecular weight excluding hydrogens is 258 g/mol. The number of amides is 1. The number of ketones is 1. The first-order valence-corrected chi connectivity index (χ1v) is 6.73. The molecule has 20 heavy (non-hydrogen) atoms.